The normalized spacial score (nSPS) is 10.5. The van der Waals surface area contributed by atoms with Crippen molar-refractivity contribution in [2.24, 2.45) is 7.05 Å². The van der Waals surface area contributed by atoms with E-state index in [9.17, 15) is 4.79 Å². The fourth-order valence-corrected chi connectivity index (χ4v) is 4.46. The number of fused-ring (bicyclic) bond motifs is 1. The molecule has 0 aliphatic heterocycles. The number of rotatable bonds is 9. The average molecular weight is 569 g/mol. The standard InChI is InChI=1S/C23H25N5O2.C9H11NO2/c1-5-8-28(18-9-19(29-3)12-20(10-18)30-4)17-6-7-21-22(11-17)26-23(14-24-21)16-13-25-27(2)15-16;1-3-8-7(9(11)12-2)5-4-6-10-8/h6-7,9-15H,5,8H2,1-4H3;4-6H,3H2,1-2H3. The van der Waals surface area contributed by atoms with Gasteiger partial charge in [0.1, 0.15) is 11.5 Å². The number of anilines is 2. The number of aryl methyl sites for hydroxylation is 2. The van der Waals surface area contributed by atoms with E-state index in [4.69, 9.17) is 14.5 Å². The number of benzene rings is 2. The van der Waals surface area contributed by atoms with E-state index in [0.29, 0.717) is 5.56 Å². The monoisotopic (exact) mass is 568 g/mol. The quantitative estimate of drug-likeness (QED) is 0.197. The van der Waals surface area contributed by atoms with Crippen molar-refractivity contribution in [3.63, 3.8) is 0 Å². The van der Waals surface area contributed by atoms with Gasteiger partial charge in [0.2, 0.25) is 0 Å². The van der Waals surface area contributed by atoms with Crippen LogP contribution in [-0.4, -0.2) is 58.6 Å². The van der Waals surface area contributed by atoms with Gasteiger partial charge in [0.15, 0.2) is 0 Å². The highest BCUT2D eigenvalue weighted by atomic mass is 16.5. The maximum Gasteiger partial charge on any atom is 0.339 e. The first kappa shape index (κ1) is 30.0. The van der Waals surface area contributed by atoms with Crippen molar-refractivity contribution in [1.82, 2.24) is 24.7 Å². The third-order valence-corrected chi connectivity index (χ3v) is 6.56. The summed E-state index contributed by atoms with van der Waals surface area (Å²) in [6.45, 7) is 4.96. The molecule has 0 atom stereocenters. The summed E-state index contributed by atoms with van der Waals surface area (Å²) in [4.78, 5) is 26.8. The molecule has 10 nitrogen and oxygen atoms in total. The third-order valence-electron chi connectivity index (χ3n) is 6.56. The van der Waals surface area contributed by atoms with E-state index in [-0.39, 0.29) is 5.97 Å². The molecule has 218 valence electrons. The lowest BCUT2D eigenvalue weighted by molar-refractivity contribution is 0.0599. The highest BCUT2D eigenvalue weighted by Crippen LogP contribution is 2.34. The van der Waals surface area contributed by atoms with Crippen LogP contribution in [0, 0.1) is 0 Å². The van der Waals surface area contributed by atoms with E-state index < -0.39 is 0 Å². The molecule has 5 aromatic rings. The summed E-state index contributed by atoms with van der Waals surface area (Å²) in [7, 11) is 6.58. The van der Waals surface area contributed by atoms with Crippen molar-refractivity contribution in [3.05, 3.63) is 84.6 Å². The molecule has 0 saturated heterocycles. The van der Waals surface area contributed by atoms with Crippen LogP contribution >= 0.6 is 0 Å². The lowest BCUT2D eigenvalue weighted by Crippen LogP contribution is -2.18. The highest BCUT2D eigenvalue weighted by molar-refractivity contribution is 5.90. The van der Waals surface area contributed by atoms with Gasteiger partial charge in [-0.2, -0.15) is 5.10 Å². The van der Waals surface area contributed by atoms with Gasteiger partial charge in [-0.3, -0.25) is 14.6 Å². The van der Waals surface area contributed by atoms with Gasteiger partial charge >= 0.3 is 5.97 Å². The largest absolute Gasteiger partial charge is 0.497 e. The van der Waals surface area contributed by atoms with Gasteiger partial charge in [-0.1, -0.05) is 13.8 Å². The number of methoxy groups -OCH3 is 3. The summed E-state index contributed by atoms with van der Waals surface area (Å²) in [6, 6.07) is 15.5. The molecular formula is C32H36N6O4. The van der Waals surface area contributed by atoms with E-state index in [1.807, 2.05) is 44.4 Å². The molecule has 2 aromatic carbocycles. The number of pyridine rings is 1. The zero-order chi connectivity index (χ0) is 30.1. The lowest BCUT2D eigenvalue weighted by atomic mass is 10.1. The molecular weight excluding hydrogens is 532 g/mol. The van der Waals surface area contributed by atoms with Crippen molar-refractivity contribution in [2.45, 2.75) is 26.7 Å². The van der Waals surface area contributed by atoms with E-state index in [0.717, 1.165) is 70.2 Å². The van der Waals surface area contributed by atoms with Gasteiger partial charge in [0, 0.05) is 61.1 Å². The first-order valence-corrected chi connectivity index (χ1v) is 13.7. The first-order valence-electron chi connectivity index (χ1n) is 13.7. The second kappa shape index (κ2) is 14.1. The van der Waals surface area contributed by atoms with Crippen LogP contribution in [0.2, 0.25) is 0 Å². The Morgan fingerprint density at radius 2 is 1.67 bits per heavy atom. The molecule has 0 spiro atoms. The zero-order valence-corrected chi connectivity index (χ0v) is 24.9. The fraction of sp³-hybridized carbons (Fsp3) is 0.281. The summed E-state index contributed by atoms with van der Waals surface area (Å²) >= 11 is 0. The number of ether oxygens (including phenoxy) is 3. The van der Waals surface area contributed by atoms with Gasteiger partial charge in [-0.05, 0) is 43.2 Å². The Labute approximate surface area is 245 Å². The topological polar surface area (TPSA) is 104 Å². The van der Waals surface area contributed by atoms with Crippen LogP contribution in [0.15, 0.2) is 73.3 Å². The van der Waals surface area contributed by atoms with Crippen molar-refractivity contribution < 1.29 is 19.0 Å². The minimum atomic E-state index is -0.319. The number of esters is 1. The maximum absolute atomic E-state index is 11.1. The second-order valence-electron chi connectivity index (χ2n) is 9.40. The number of hydrogen-bond donors (Lipinski definition) is 0. The molecule has 0 unspecified atom stereocenters. The van der Waals surface area contributed by atoms with Gasteiger partial charge in [-0.15, -0.1) is 0 Å². The van der Waals surface area contributed by atoms with Crippen LogP contribution in [0.3, 0.4) is 0 Å². The van der Waals surface area contributed by atoms with Crippen LogP contribution in [-0.2, 0) is 18.2 Å². The molecule has 3 aromatic heterocycles. The Morgan fingerprint density at radius 3 is 2.29 bits per heavy atom. The number of hydrogen-bond acceptors (Lipinski definition) is 9. The zero-order valence-electron chi connectivity index (χ0n) is 24.9. The van der Waals surface area contributed by atoms with Crippen LogP contribution in [0.5, 0.6) is 11.5 Å². The average Bonchev–Trinajstić information content (AvgIpc) is 3.48. The Morgan fingerprint density at radius 1 is 0.905 bits per heavy atom. The number of carbonyl (C=O) groups excluding carboxylic acids is 1. The van der Waals surface area contributed by atoms with Gasteiger partial charge < -0.3 is 19.1 Å². The summed E-state index contributed by atoms with van der Waals surface area (Å²) in [5.41, 5.74) is 6.82. The molecule has 0 aliphatic rings. The number of aromatic nitrogens is 5. The summed E-state index contributed by atoms with van der Waals surface area (Å²) < 4.78 is 17.3. The Kier molecular flexibility index (Phi) is 10.0. The lowest BCUT2D eigenvalue weighted by Gasteiger charge is -2.25. The van der Waals surface area contributed by atoms with E-state index in [1.54, 1.807) is 49.6 Å². The van der Waals surface area contributed by atoms with E-state index >= 15 is 0 Å². The molecule has 42 heavy (non-hydrogen) atoms. The van der Waals surface area contributed by atoms with Crippen molar-refractivity contribution in [2.75, 3.05) is 32.8 Å². The SMILES string of the molecule is CCCN(c1cc(OC)cc(OC)c1)c1ccc2ncc(-c3cnn(C)c3)nc2c1.CCc1ncccc1C(=O)OC. The number of nitrogens with zero attached hydrogens (tertiary/aromatic N) is 6. The van der Waals surface area contributed by atoms with Crippen LogP contribution in [0.25, 0.3) is 22.3 Å². The fourth-order valence-electron chi connectivity index (χ4n) is 4.46. The smallest absolute Gasteiger partial charge is 0.339 e. The maximum atomic E-state index is 11.1. The third kappa shape index (κ3) is 7.01. The van der Waals surface area contributed by atoms with Crippen LogP contribution in [0.1, 0.15) is 36.3 Å². The molecule has 0 aliphatic carbocycles. The predicted molar refractivity (Wildman–Crippen MR) is 164 cm³/mol. The van der Waals surface area contributed by atoms with Crippen LogP contribution < -0.4 is 14.4 Å². The van der Waals surface area contributed by atoms with Gasteiger partial charge in [0.25, 0.3) is 0 Å². The highest BCUT2D eigenvalue weighted by Gasteiger charge is 2.14. The molecule has 0 bridgehead atoms. The molecule has 10 heteroatoms. The summed E-state index contributed by atoms with van der Waals surface area (Å²) in [5.74, 6) is 1.19. The molecule has 5 rings (SSSR count). The first-order chi connectivity index (χ1) is 20.4. The van der Waals surface area contributed by atoms with Gasteiger partial charge in [0.05, 0.1) is 61.7 Å². The van der Waals surface area contributed by atoms with Gasteiger partial charge in [-0.25, -0.2) is 9.78 Å². The predicted octanol–water partition coefficient (Wildman–Crippen LogP) is 6.03. The number of carbonyl (C=O) groups is 1. The molecule has 3 heterocycles. The van der Waals surface area contributed by atoms with Crippen molar-refractivity contribution >= 4 is 28.4 Å². The summed E-state index contributed by atoms with van der Waals surface area (Å²) in [5, 5.41) is 4.23. The van der Waals surface area contributed by atoms with Crippen molar-refractivity contribution in [3.8, 4) is 22.8 Å². The minimum Gasteiger partial charge on any atom is -0.497 e. The minimum absolute atomic E-state index is 0.319. The second-order valence-corrected chi connectivity index (χ2v) is 9.40. The Bertz CT molecular complexity index is 1630. The van der Waals surface area contributed by atoms with E-state index in [2.05, 4.69) is 43.8 Å². The van der Waals surface area contributed by atoms with E-state index in [1.165, 1.54) is 7.11 Å². The van der Waals surface area contributed by atoms with Crippen LogP contribution in [0.4, 0.5) is 11.4 Å². The Balaban J connectivity index is 0.000000283. The summed E-state index contributed by atoms with van der Waals surface area (Å²) in [6.07, 6.45) is 8.92. The molecule has 0 amide bonds. The molecule has 0 saturated carbocycles. The van der Waals surface area contributed by atoms with Crippen molar-refractivity contribution in [1.29, 1.82) is 0 Å². The Hall–Kier alpha value is -4.99. The molecule has 0 fully saturated rings. The molecule has 0 N–H and O–H groups in total. The molecule has 0 radical (unpaired) electrons.